The first-order chi connectivity index (χ1) is 6.99. The van der Waals surface area contributed by atoms with Crippen molar-refractivity contribution in [1.29, 1.82) is 0 Å². The molecule has 1 N–H and O–H groups in total. The van der Waals surface area contributed by atoms with Crippen LogP contribution >= 0.6 is 0 Å². The maximum atomic E-state index is 11.1. The van der Waals surface area contributed by atoms with Gasteiger partial charge in [0.05, 0.1) is 0 Å². The van der Waals surface area contributed by atoms with E-state index in [1.807, 2.05) is 0 Å². The van der Waals surface area contributed by atoms with Crippen LogP contribution in [0.2, 0.25) is 0 Å². The Balaban J connectivity index is 4.04. The molecule has 0 saturated carbocycles. The van der Waals surface area contributed by atoms with Crippen LogP contribution in [0.1, 0.15) is 20.3 Å². The van der Waals surface area contributed by atoms with E-state index in [9.17, 15) is 9.59 Å². The molecule has 0 rings (SSSR count). The van der Waals surface area contributed by atoms with Crippen molar-refractivity contribution in [3.63, 3.8) is 0 Å². The molecular formula is C10H14O5. The normalized spacial score (nSPS) is 10.7. The Hall–Kier alpha value is -1.62. The van der Waals surface area contributed by atoms with Gasteiger partial charge in [-0.2, -0.15) is 0 Å². The number of hydrogen-bond acceptors (Lipinski definition) is 5. The van der Waals surface area contributed by atoms with Gasteiger partial charge in [0.25, 0.3) is 0 Å². The fraction of sp³-hybridized carbons (Fsp3) is 0.400. The van der Waals surface area contributed by atoms with Crippen LogP contribution in [0.4, 0.5) is 0 Å². The van der Waals surface area contributed by atoms with Crippen LogP contribution in [-0.4, -0.2) is 23.7 Å². The van der Waals surface area contributed by atoms with Crippen LogP contribution < -0.4 is 0 Å². The van der Waals surface area contributed by atoms with Crippen LogP contribution in [0.15, 0.2) is 23.8 Å². The highest BCUT2D eigenvalue weighted by atomic mass is 17.2. The minimum Gasteiger partial charge on any atom is -0.396 e. The quantitative estimate of drug-likeness (QED) is 0.427. The van der Waals surface area contributed by atoms with Crippen molar-refractivity contribution in [1.82, 2.24) is 0 Å². The van der Waals surface area contributed by atoms with Crippen molar-refractivity contribution >= 4 is 11.9 Å². The Bertz CT molecular complexity index is 290. The summed E-state index contributed by atoms with van der Waals surface area (Å²) >= 11 is 0. The summed E-state index contributed by atoms with van der Waals surface area (Å²) < 4.78 is 0. The van der Waals surface area contributed by atoms with E-state index in [0.717, 1.165) is 0 Å². The molecule has 0 fully saturated rings. The van der Waals surface area contributed by atoms with Gasteiger partial charge in [-0.1, -0.05) is 12.7 Å². The van der Waals surface area contributed by atoms with E-state index in [2.05, 4.69) is 16.4 Å². The third kappa shape index (κ3) is 5.64. The molecular weight excluding hydrogens is 200 g/mol. The van der Waals surface area contributed by atoms with E-state index in [4.69, 9.17) is 5.11 Å². The number of hydrogen-bond donors (Lipinski definition) is 1. The SMILES string of the molecule is C=C(C)C(=O)OOC(=O)/C(C)=C/CCO. The summed E-state index contributed by atoms with van der Waals surface area (Å²) in [5.74, 6) is -1.56. The molecule has 0 saturated heterocycles. The van der Waals surface area contributed by atoms with Crippen LogP contribution in [0.25, 0.3) is 0 Å². The van der Waals surface area contributed by atoms with Crippen LogP contribution in [0.5, 0.6) is 0 Å². The van der Waals surface area contributed by atoms with Gasteiger partial charge in [0, 0.05) is 17.8 Å². The van der Waals surface area contributed by atoms with Crippen LogP contribution in [0, 0.1) is 0 Å². The Morgan fingerprint density at radius 2 is 1.80 bits per heavy atom. The highest BCUT2D eigenvalue weighted by Crippen LogP contribution is 2.01. The minimum absolute atomic E-state index is 0.0594. The predicted octanol–water partition coefficient (Wildman–Crippen LogP) is 0.893. The highest BCUT2D eigenvalue weighted by Gasteiger charge is 2.11. The lowest BCUT2D eigenvalue weighted by atomic mass is 10.2. The Morgan fingerprint density at radius 1 is 1.27 bits per heavy atom. The fourth-order valence-electron chi connectivity index (χ4n) is 0.577. The second kappa shape index (κ2) is 6.78. The van der Waals surface area contributed by atoms with Gasteiger partial charge in [0.2, 0.25) is 0 Å². The molecule has 0 amide bonds. The lowest BCUT2D eigenvalue weighted by Crippen LogP contribution is -2.12. The van der Waals surface area contributed by atoms with Crippen molar-refractivity contribution < 1.29 is 24.5 Å². The van der Waals surface area contributed by atoms with E-state index in [0.29, 0.717) is 6.42 Å². The molecule has 0 aromatic heterocycles. The molecule has 0 aliphatic carbocycles. The van der Waals surface area contributed by atoms with Gasteiger partial charge < -0.3 is 5.11 Å². The molecule has 0 atom stereocenters. The van der Waals surface area contributed by atoms with Crippen molar-refractivity contribution in [2.24, 2.45) is 0 Å². The molecule has 0 aromatic rings. The van der Waals surface area contributed by atoms with Gasteiger partial charge in [0.15, 0.2) is 0 Å². The molecule has 0 aromatic carbocycles. The summed E-state index contributed by atoms with van der Waals surface area (Å²) in [7, 11) is 0. The number of rotatable bonds is 4. The van der Waals surface area contributed by atoms with Crippen molar-refractivity contribution in [3.8, 4) is 0 Å². The Kier molecular flexibility index (Phi) is 6.05. The maximum absolute atomic E-state index is 11.1. The summed E-state index contributed by atoms with van der Waals surface area (Å²) in [4.78, 5) is 30.3. The number of aliphatic hydroxyl groups is 1. The summed E-state index contributed by atoms with van der Waals surface area (Å²) in [6.07, 6.45) is 1.83. The average Bonchev–Trinajstić information content (AvgIpc) is 2.21. The topological polar surface area (TPSA) is 72.8 Å². The lowest BCUT2D eigenvalue weighted by Gasteiger charge is -2.02. The minimum atomic E-state index is -0.793. The zero-order valence-corrected chi connectivity index (χ0v) is 8.78. The first-order valence-corrected chi connectivity index (χ1v) is 4.35. The Morgan fingerprint density at radius 3 is 2.27 bits per heavy atom. The van der Waals surface area contributed by atoms with E-state index < -0.39 is 11.9 Å². The zero-order valence-electron chi connectivity index (χ0n) is 8.78. The first kappa shape index (κ1) is 13.4. The molecule has 0 unspecified atom stereocenters. The van der Waals surface area contributed by atoms with E-state index in [-0.39, 0.29) is 17.8 Å². The predicted molar refractivity (Wildman–Crippen MR) is 52.5 cm³/mol. The fourth-order valence-corrected chi connectivity index (χ4v) is 0.577. The van der Waals surface area contributed by atoms with Gasteiger partial charge in [-0.3, -0.25) is 0 Å². The van der Waals surface area contributed by atoms with Gasteiger partial charge in [-0.25, -0.2) is 19.4 Å². The molecule has 0 radical (unpaired) electrons. The van der Waals surface area contributed by atoms with Crippen molar-refractivity contribution in [2.75, 3.05) is 6.61 Å². The summed E-state index contributed by atoms with van der Waals surface area (Å²) in [6, 6.07) is 0. The number of carbonyl (C=O) groups is 2. The van der Waals surface area contributed by atoms with Crippen molar-refractivity contribution in [2.45, 2.75) is 20.3 Å². The molecule has 0 aliphatic rings. The standard InChI is InChI=1S/C10H14O5/c1-7(2)9(12)14-15-10(13)8(3)5-4-6-11/h5,11H,1,4,6H2,2-3H3/b8-5+. The molecule has 0 heterocycles. The molecule has 0 aliphatic heterocycles. The summed E-state index contributed by atoms with van der Waals surface area (Å²) in [5.41, 5.74) is 0.401. The van der Waals surface area contributed by atoms with E-state index in [1.165, 1.54) is 19.9 Å². The first-order valence-electron chi connectivity index (χ1n) is 4.35. The molecule has 0 spiro atoms. The third-order valence-electron chi connectivity index (χ3n) is 1.44. The zero-order chi connectivity index (χ0) is 11.8. The summed E-state index contributed by atoms with van der Waals surface area (Å²) in [6.45, 7) is 6.18. The third-order valence-corrected chi connectivity index (χ3v) is 1.44. The van der Waals surface area contributed by atoms with Gasteiger partial charge in [-0.05, 0) is 20.3 Å². The van der Waals surface area contributed by atoms with Gasteiger partial charge in [-0.15, -0.1) is 0 Å². The average molecular weight is 214 g/mol. The van der Waals surface area contributed by atoms with E-state index >= 15 is 0 Å². The highest BCUT2D eigenvalue weighted by molar-refractivity contribution is 5.90. The van der Waals surface area contributed by atoms with Gasteiger partial charge >= 0.3 is 11.9 Å². The molecule has 5 heteroatoms. The summed E-state index contributed by atoms with van der Waals surface area (Å²) in [5, 5.41) is 8.49. The molecule has 0 bridgehead atoms. The maximum Gasteiger partial charge on any atom is 0.381 e. The van der Waals surface area contributed by atoms with Crippen LogP contribution in [0.3, 0.4) is 0 Å². The number of carbonyl (C=O) groups excluding carboxylic acids is 2. The van der Waals surface area contributed by atoms with Gasteiger partial charge in [0.1, 0.15) is 0 Å². The smallest absolute Gasteiger partial charge is 0.381 e. The monoisotopic (exact) mass is 214 g/mol. The molecule has 15 heavy (non-hydrogen) atoms. The lowest BCUT2D eigenvalue weighted by molar-refractivity contribution is -0.252. The number of aliphatic hydroxyl groups excluding tert-OH is 1. The second-order valence-corrected chi connectivity index (χ2v) is 2.92. The van der Waals surface area contributed by atoms with Crippen LogP contribution in [-0.2, 0) is 19.4 Å². The largest absolute Gasteiger partial charge is 0.396 e. The van der Waals surface area contributed by atoms with E-state index in [1.54, 1.807) is 0 Å². The van der Waals surface area contributed by atoms with Crippen molar-refractivity contribution in [3.05, 3.63) is 23.8 Å². The Labute approximate surface area is 87.9 Å². The molecule has 5 nitrogen and oxygen atoms in total. The molecule has 84 valence electrons. The second-order valence-electron chi connectivity index (χ2n) is 2.92.